The van der Waals surface area contributed by atoms with Crippen molar-refractivity contribution in [1.82, 2.24) is 0 Å². The van der Waals surface area contributed by atoms with Crippen molar-refractivity contribution in [3.8, 4) is 0 Å². The summed E-state index contributed by atoms with van der Waals surface area (Å²) in [6, 6.07) is 17.1. The summed E-state index contributed by atoms with van der Waals surface area (Å²) < 4.78 is 0. The zero-order valence-electron chi connectivity index (χ0n) is 13.9. The van der Waals surface area contributed by atoms with E-state index in [9.17, 15) is 10.2 Å². The SMILES string of the molecule is CC(CO)c1ccc(CSCc2ccc(C(C)CO)cc2)cc1. The molecule has 0 saturated heterocycles. The molecule has 0 saturated carbocycles. The molecule has 2 nitrogen and oxygen atoms in total. The molecular formula is C20H26O2S. The van der Waals surface area contributed by atoms with Crippen LogP contribution in [-0.2, 0) is 11.5 Å². The molecule has 2 rings (SSSR count). The Morgan fingerprint density at radius 1 is 0.696 bits per heavy atom. The number of aliphatic hydroxyl groups excluding tert-OH is 2. The van der Waals surface area contributed by atoms with Crippen molar-refractivity contribution in [2.75, 3.05) is 13.2 Å². The molecule has 0 aliphatic carbocycles. The average Bonchev–Trinajstić information content (AvgIpc) is 2.61. The lowest BCUT2D eigenvalue weighted by Crippen LogP contribution is -1.98. The Bertz CT molecular complexity index is 524. The fraction of sp³-hybridized carbons (Fsp3) is 0.400. The van der Waals surface area contributed by atoms with E-state index >= 15 is 0 Å². The Balaban J connectivity index is 1.82. The van der Waals surface area contributed by atoms with E-state index in [1.54, 1.807) is 0 Å². The van der Waals surface area contributed by atoms with Gasteiger partial charge in [0.2, 0.25) is 0 Å². The van der Waals surface area contributed by atoms with Crippen molar-refractivity contribution in [3.05, 3.63) is 70.8 Å². The highest BCUT2D eigenvalue weighted by atomic mass is 32.2. The second-order valence-electron chi connectivity index (χ2n) is 6.14. The van der Waals surface area contributed by atoms with Crippen LogP contribution in [0, 0.1) is 0 Å². The third-order valence-corrected chi connectivity index (χ3v) is 5.26. The highest BCUT2D eigenvalue weighted by Gasteiger charge is 2.05. The quantitative estimate of drug-likeness (QED) is 0.757. The molecule has 2 N–H and O–H groups in total. The van der Waals surface area contributed by atoms with E-state index < -0.39 is 0 Å². The summed E-state index contributed by atoms with van der Waals surface area (Å²) in [4.78, 5) is 0. The van der Waals surface area contributed by atoms with Gasteiger partial charge in [-0.1, -0.05) is 62.4 Å². The Hall–Kier alpha value is -1.29. The topological polar surface area (TPSA) is 40.5 Å². The summed E-state index contributed by atoms with van der Waals surface area (Å²) in [6.07, 6.45) is 0. The maximum Gasteiger partial charge on any atom is 0.0497 e. The monoisotopic (exact) mass is 330 g/mol. The van der Waals surface area contributed by atoms with Crippen molar-refractivity contribution in [2.24, 2.45) is 0 Å². The van der Waals surface area contributed by atoms with Gasteiger partial charge in [0.1, 0.15) is 0 Å². The first-order valence-electron chi connectivity index (χ1n) is 8.11. The van der Waals surface area contributed by atoms with Crippen LogP contribution in [0.3, 0.4) is 0 Å². The zero-order chi connectivity index (χ0) is 16.7. The smallest absolute Gasteiger partial charge is 0.0497 e. The predicted octanol–water partition coefficient (Wildman–Crippen LogP) is 4.31. The minimum atomic E-state index is 0.193. The van der Waals surface area contributed by atoms with Crippen LogP contribution in [0.5, 0.6) is 0 Å². The van der Waals surface area contributed by atoms with Crippen LogP contribution >= 0.6 is 11.8 Å². The molecule has 2 atom stereocenters. The number of aliphatic hydroxyl groups is 2. The first-order valence-corrected chi connectivity index (χ1v) is 9.26. The van der Waals surface area contributed by atoms with Crippen LogP contribution in [0.4, 0.5) is 0 Å². The highest BCUT2D eigenvalue weighted by Crippen LogP contribution is 2.22. The Kier molecular flexibility index (Phi) is 7.15. The molecule has 0 amide bonds. The maximum absolute atomic E-state index is 9.18. The molecule has 2 aromatic carbocycles. The van der Waals surface area contributed by atoms with Crippen LogP contribution in [0.15, 0.2) is 48.5 Å². The van der Waals surface area contributed by atoms with Gasteiger partial charge in [-0.3, -0.25) is 0 Å². The molecule has 2 unspecified atom stereocenters. The molecule has 0 fully saturated rings. The van der Waals surface area contributed by atoms with E-state index in [0.29, 0.717) is 0 Å². The number of rotatable bonds is 8. The fourth-order valence-corrected chi connectivity index (χ4v) is 3.34. The average molecular weight is 330 g/mol. The molecule has 3 heteroatoms. The summed E-state index contributed by atoms with van der Waals surface area (Å²) in [6.45, 7) is 4.45. The van der Waals surface area contributed by atoms with Gasteiger partial charge >= 0.3 is 0 Å². The maximum atomic E-state index is 9.18. The van der Waals surface area contributed by atoms with E-state index in [1.807, 2.05) is 25.6 Å². The molecule has 0 radical (unpaired) electrons. The molecule has 124 valence electrons. The minimum absolute atomic E-state index is 0.193. The van der Waals surface area contributed by atoms with Crippen molar-refractivity contribution < 1.29 is 10.2 Å². The Morgan fingerprint density at radius 3 is 1.35 bits per heavy atom. The second kappa shape index (κ2) is 9.11. The Labute approximate surface area is 143 Å². The largest absolute Gasteiger partial charge is 0.396 e. The minimum Gasteiger partial charge on any atom is -0.396 e. The normalized spacial score (nSPS) is 13.7. The van der Waals surface area contributed by atoms with E-state index in [4.69, 9.17) is 0 Å². The number of thioether (sulfide) groups is 1. The third kappa shape index (κ3) is 5.38. The summed E-state index contributed by atoms with van der Waals surface area (Å²) in [5, 5.41) is 18.4. The van der Waals surface area contributed by atoms with Crippen molar-refractivity contribution in [1.29, 1.82) is 0 Å². The molecule has 0 bridgehead atoms. The van der Waals surface area contributed by atoms with Crippen molar-refractivity contribution in [3.63, 3.8) is 0 Å². The van der Waals surface area contributed by atoms with Gasteiger partial charge in [0, 0.05) is 36.6 Å². The van der Waals surface area contributed by atoms with Gasteiger partial charge in [0.25, 0.3) is 0 Å². The lowest BCUT2D eigenvalue weighted by molar-refractivity contribution is 0.273. The molecule has 2 aromatic rings. The van der Waals surface area contributed by atoms with Gasteiger partial charge in [-0.15, -0.1) is 0 Å². The van der Waals surface area contributed by atoms with Gasteiger partial charge in [0.05, 0.1) is 0 Å². The lowest BCUT2D eigenvalue weighted by atomic mass is 10.0. The number of hydrogen-bond donors (Lipinski definition) is 2. The van der Waals surface area contributed by atoms with Gasteiger partial charge < -0.3 is 10.2 Å². The van der Waals surface area contributed by atoms with E-state index in [1.165, 1.54) is 22.3 Å². The first kappa shape index (κ1) is 18.1. The molecule has 0 aliphatic rings. The summed E-state index contributed by atoms with van der Waals surface area (Å²) in [5.74, 6) is 2.39. The standard InChI is InChI=1S/C20H26O2S/c1-15(11-21)19-7-3-17(4-8-19)13-23-14-18-5-9-20(10-6-18)16(2)12-22/h3-10,15-16,21-22H,11-14H2,1-2H3. The van der Waals surface area contributed by atoms with Crippen LogP contribution in [0.1, 0.15) is 47.9 Å². The second-order valence-corrected chi connectivity index (χ2v) is 7.13. The molecule has 0 aliphatic heterocycles. The van der Waals surface area contributed by atoms with Crippen LogP contribution in [0.2, 0.25) is 0 Å². The van der Waals surface area contributed by atoms with Gasteiger partial charge in [-0.25, -0.2) is 0 Å². The molecule has 23 heavy (non-hydrogen) atoms. The third-order valence-electron chi connectivity index (χ3n) is 4.18. The fourth-order valence-electron chi connectivity index (χ4n) is 2.38. The van der Waals surface area contributed by atoms with E-state index in [0.717, 1.165) is 11.5 Å². The van der Waals surface area contributed by atoms with Crippen LogP contribution in [0.25, 0.3) is 0 Å². The van der Waals surface area contributed by atoms with Crippen LogP contribution < -0.4 is 0 Å². The summed E-state index contributed by atoms with van der Waals surface area (Å²) in [5.41, 5.74) is 5.01. The lowest BCUT2D eigenvalue weighted by Gasteiger charge is -2.10. The number of benzene rings is 2. The zero-order valence-corrected chi connectivity index (χ0v) is 14.7. The first-order chi connectivity index (χ1) is 11.1. The molecule has 0 heterocycles. The van der Waals surface area contributed by atoms with Gasteiger partial charge in [-0.2, -0.15) is 11.8 Å². The summed E-state index contributed by atoms with van der Waals surface area (Å²) >= 11 is 1.90. The highest BCUT2D eigenvalue weighted by molar-refractivity contribution is 7.97. The predicted molar refractivity (Wildman–Crippen MR) is 98.9 cm³/mol. The number of hydrogen-bond acceptors (Lipinski definition) is 3. The van der Waals surface area contributed by atoms with Crippen molar-refractivity contribution in [2.45, 2.75) is 37.2 Å². The Morgan fingerprint density at radius 2 is 1.04 bits per heavy atom. The molecular weight excluding hydrogens is 304 g/mol. The molecule has 0 aromatic heterocycles. The van der Waals surface area contributed by atoms with Crippen molar-refractivity contribution >= 4 is 11.8 Å². The van der Waals surface area contributed by atoms with Gasteiger partial charge in [0.15, 0.2) is 0 Å². The van der Waals surface area contributed by atoms with Gasteiger partial charge in [-0.05, 0) is 22.3 Å². The summed E-state index contributed by atoms with van der Waals surface area (Å²) in [7, 11) is 0. The molecule has 0 spiro atoms. The van der Waals surface area contributed by atoms with Crippen LogP contribution in [-0.4, -0.2) is 23.4 Å². The van der Waals surface area contributed by atoms with E-state index in [-0.39, 0.29) is 25.0 Å². The van der Waals surface area contributed by atoms with E-state index in [2.05, 4.69) is 48.5 Å².